The first-order valence-electron chi connectivity index (χ1n) is 4.32. The number of nitrogens with zero attached hydrogens (tertiary/aromatic N) is 2. The Kier molecular flexibility index (Phi) is 4.61. The van der Waals surface area contributed by atoms with Gasteiger partial charge in [0.1, 0.15) is 17.3 Å². The molecule has 0 aromatic heterocycles. The lowest BCUT2D eigenvalue weighted by molar-refractivity contribution is 0.412. The summed E-state index contributed by atoms with van der Waals surface area (Å²) in [7, 11) is 1.43. The monoisotopic (exact) mass is 239 g/mol. The minimum atomic E-state index is -0.394. The second-order valence-electron chi connectivity index (χ2n) is 2.67. The van der Waals surface area contributed by atoms with Gasteiger partial charge in [0.25, 0.3) is 0 Å². The minimum Gasteiger partial charge on any atom is -0.494 e. The smallest absolute Gasteiger partial charge is 0.183 e. The van der Waals surface area contributed by atoms with Crippen molar-refractivity contribution in [1.82, 2.24) is 5.32 Å². The molecule has 1 aromatic carbocycles. The van der Waals surface area contributed by atoms with Gasteiger partial charge in [-0.05, 0) is 18.4 Å². The van der Waals surface area contributed by atoms with E-state index in [1.807, 2.05) is 0 Å². The molecule has 4 nitrogen and oxygen atoms in total. The van der Waals surface area contributed by atoms with Gasteiger partial charge in [-0.1, -0.05) is 11.8 Å². The zero-order valence-corrected chi connectivity index (χ0v) is 9.64. The largest absolute Gasteiger partial charge is 0.494 e. The zero-order chi connectivity index (χ0) is 12.0. The van der Waals surface area contributed by atoms with Crippen LogP contribution in [0.25, 0.3) is 0 Å². The van der Waals surface area contributed by atoms with E-state index >= 15 is 0 Å². The summed E-state index contributed by atoms with van der Waals surface area (Å²) < 4.78 is 17.9. The molecule has 0 fully saturated rings. The van der Waals surface area contributed by atoms with Crippen LogP contribution in [0.3, 0.4) is 0 Å². The molecule has 0 aliphatic carbocycles. The molecule has 84 valence electrons. The van der Waals surface area contributed by atoms with Crippen molar-refractivity contribution < 1.29 is 9.13 Å². The third kappa shape index (κ3) is 3.14. The molecule has 16 heavy (non-hydrogen) atoms. The number of benzene rings is 1. The SMILES string of the molecule is COc1cc(F)ccc1N=C(NC#N)SC. The van der Waals surface area contributed by atoms with Gasteiger partial charge in [-0.3, -0.25) is 5.32 Å². The lowest BCUT2D eigenvalue weighted by atomic mass is 10.3. The minimum absolute atomic E-state index is 0.325. The van der Waals surface area contributed by atoms with Crippen molar-refractivity contribution in [2.75, 3.05) is 13.4 Å². The predicted octanol–water partition coefficient (Wildman–Crippen LogP) is 2.26. The number of ether oxygens (including phenoxy) is 1. The molecule has 0 atom stereocenters. The molecule has 0 spiro atoms. The number of hydrogen-bond acceptors (Lipinski definition) is 4. The van der Waals surface area contributed by atoms with E-state index in [4.69, 9.17) is 10.00 Å². The molecule has 0 bridgehead atoms. The van der Waals surface area contributed by atoms with Crippen LogP contribution in [0, 0.1) is 17.3 Å². The van der Waals surface area contributed by atoms with Crippen LogP contribution in [0.15, 0.2) is 23.2 Å². The number of nitrogens with one attached hydrogen (secondary N) is 1. The van der Waals surface area contributed by atoms with Crippen LogP contribution >= 0.6 is 11.8 Å². The summed E-state index contributed by atoms with van der Waals surface area (Å²) in [4.78, 5) is 4.13. The number of rotatable bonds is 2. The third-order valence-electron chi connectivity index (χ3n) is 1.72. The highest BCUT2D eigenvalue weighted by Crippen LogP contribution is 2.28. The molecule has 0 aliphatic heterocycles. The van der Waals surface area contributed by atoms with Gasteiger partial charge in [0.15, 0.2) is 11.4 Å². The van der Waals surface area contributed by atoms with Crippen molar-refractivity contribution in [3.8, 4) is 11.9 Å². The summed E-state index contributed by atoms with van der Waals surface area (Å²) in [5, 5.41) is 11.3. The molecule has 0 unspecified atom stereocenters. The molecule has 0 radical (unpaired) electrons. The van der Waals surface area contributed by atoms with Gasteiger partial charge >= 0.3 is 0 Å². The third-order valence-corrected chi connectivity index (χ3v) is 2.30. The van der Waals surface area contributed by atoms with Crippen molar-refractivity contribution >= 4 is 22.6 Å². The molecular weight excluding hydrogens is 229 g/mol. The van der Waals surface area contributed by atoms with Crippen molar-refractivity contribution in [2.24, 2.45) is 4.99 Å². The van der Waals surface area contributed by atoms with Gasteiger partial charge in [0.05, 0.1) is 7.11 Å². The Morgan fingerprint density at radius 1 is 1.62 bits per heavy atom. The van der Waals surface area contributed by atoms with Crippen molar-refractivity contribution in [2.45, 2.75) is 0 Å². The average Bonchev–Trinajstić information content (AvgIpc) is 2.30. The Morgan fingerprint density at radius 3 is 2.94 bits per heavy atom. The number of thioether (sulfide) groups is 1. The molecule has 0 heterocycles. The van der Waals surface area contributed by atoms with Crippen LogP contribution in [0.5, 0.6) is 5.75 Å². The summed E-state index contributed by atoms with van der Waals surface area (Å²) in [6.07, 6.45) is 3.55. The highest BCUT2D eigenvalue weighted by molar-refractivity contribution is 8.13. The first kappa shape index (κ1) is 12.3. The summed E-state index contributed by atoms with van der Waals surface area (Å²) in [6, 6.07) is 4.01. The fraction of sp³-hybridized carbons (Fsp3) is 0.200. The quantitative estimate of drug-likeness (QED) is 0.372. The Hall–Kier alpha value is -1.74. The summed E-state index contributed by atoms with van der Waals surface area (Å²) in [6.45, 7) is 0. The number of aliphatic imine (C=N–C) groups is 1. The Morgan fingerprint density at radius 2 is 2.38 bits per heavy atom. The molecule has 0 saturated carbocycles. The van der Waals surface area contributed by atoms with Gasteiger partial charge in [-0.15, -0.1) is 0 Å². The summed E-state index contributed by atoms with van der Waals surface area (Å²) in [5.41, 5.74) is 0.469. The zero-order valence-electron chi connectivity index (χ0n) is 8.82. The van der Waals surface area contributed by atoms with Crippen LogP contribution in [-0.2, 0) is 0 Å². The highest BCUT2D eigenvalue weighted by Gasteiger charge is 2.05. The number of hydrogen-bond donors (Lipinski definition) is 1. The van der Waals surface area contributed by atoms with Crippen LogP contribution in [0.4, 0.5) is 10.1 Å². The van der Waals surface area contributed by atoms with Crippen LogP contribution in [-0.4, -0.2) is 18.5 Å². The van der Waals surface area contributed by atoms with Gasteiger partial charge in [0, 0.05) is 6.07 Å². The summed E-state index contributed by atoms with van der Waals surface area (Å²) >= 11 is 1.28. The van der Waals surface area contributed by atoms with E-state index < -0.39 is 5.82 Å². The maximum atomic E-state index is 12.9. The van der Waals surface area contributed by atoms with E-state index in [1.54, 1.807) is 12.4 Å². The van der Waals surface area contributed by atoms with Crippen molar-refractivity contribution in [3.05, 3.63) is 24.0 Å². The standard InChI is InChI=1S/C10H10FN3OS/c1-15-9-5-7(11)3-4-8(9)14-10(16-2)13-6-12/h3-5H,1-2H3,(H,13,14). The van der Waals surface area contributed by atoms with E-state index in [9.17, 15) is 4.39 Å². The van der Waals surface area contributed by atoms with E-state index in [0.29, 0.717) is 16.6 Å². The van der Waals surface area contributed by atoms with E-state index in [-0.39, 0.29) is 0 Å². The van der Waals surface area contributed by atoms with E-state index in [0.717, 1.165) is 0 Å². The van der Waals surface area contributed by atoms with Gasteiger partial charge in [-0.2, -0.15) is 5.26 Å². The lowest BCUT2D eigenvalue weighted by Gasteiger charge is -2.05. The normalized spacial score (nSPS) is 10.8. The van der Waals surface area contributed by atoms with Gasteiger partial charge < -0.3 is 4.74 Å². The maximum absolute atomic E-state index is 12.9. The fourth-order valence-corrected chi connectivity index (χ4v) is 1.36. The van der Waals surface area contributed by atoms with Crippen LogP contribution < -0.4 is 10.1 Å². The Balaban J connectivity index is 3.08. The second kappa shape index (κ2) is 5.98. The Labute approximate surface area is 97.1 Å². The van der Waals surface area contributed by atoms with Gasteiger partial charge in [0.2, 0.25) is 0 Å². The van der Waals surface area contributed by atoms with Crippen LogP contribution in [0.2, 0.25) is 0 Å². The van der Waals surface area contributed by atoms with Crippen LogP contribution in [0.1, 0.15) is 0 Å². The highest BCUT2D eigenvalue weighted by atomic mass is 32.2. The second-order valence-corrected chi connectivity index (χ2v) is 3.47. The number of amidine groups is 1. The Bertz CT molecular complexity index is 442. The van der Waals surface area contributed by atoms with Gasteiger partial charge in [-0.25, -0.2) is 9.38 Å². The molecule has 1 aromatic rings. The molecule has 1 N–H and O–H groups in total. The topological polar surface area (TPSA) is 57.4 Å². The first-order chi connectivity index (χ1) is 7.71. The first-order valence-corrected chi connectivity index (χ1v) is 5.55. The lowest BCUT2D eigenvalue weighted by Crippen LogP contribution is -2.12. The fourth-order valence-electron chi connectivity index (χ4n) is 1.03. The van der Waals surface area contributed by atoms with E-state index in [1.165, 1.54) is 37.1 Å². The van der Waals surface area contributed by atoms with Crippen molar-refractivity contribution in [3.63, 3.8) is 0 Å². The molecule has 1 rings (SSSR count). The number of nitriles is 1. The van der Waals surface area contributed by atoms with E-state index in [2.05, 4.69) is 10.3 Å². The molecule has 0 aliphatic rings. The molecule has 0 amide bonds. The maximum Gasteiger partial charge on any atom is 0.183 e. The molecule has 0 saturated heterocycles. The van der Waals surface area contributed by atoms with Crippen molar-refractivity contribution in [1.29, 1.82) is 5.26 Å². The predicted molar refractivity (Wildman–Crippen MR) is 62.3 cm³/mol. The summed E-state index contributed by atoms with van der Waals surface area (Å²) in [5.74, 6) is -0.0685. The molecular formula is C10H10FN3OS. The average molecular weight is 239 g/mol. The molecule has 6 heteroatoms. The number of halogens is 1. The number of methoxy groups -OCH3 is 1.